The second-order valence-corrected chi connectivity index (χ2v) is 4.84. The van der Waals surface area contributed by atoms with Crippen LogP contribution in [0.3, 0.4) is 0 Å². The Morgan fingerprint density at radius 2 is 1.94 bits per heavy atom. The van der Waals surface area contributed by atoms with Gasteiger partial charge in [0.15, 0.2) is 0 Å². The van der Waals surface area contributed by atoms with Crippen LogP contribution in [0, 0.1) is 0 Å². The number of benzene rings is 1. The van der Waals surface area contributed by atoms with Crippen LogP contribution in [0.4, 0.5) is 0 Å². The quantitative estimate of drug-likeness (QED) is 0.705. The average Bonchev–Trinajstić information content (AvgIpc) is 2.35. The van der Waals surface area contributed by atoms with E-state index in [-0.39, 0.29) is 0 Å². The first-order valence-electron chi connectivity index (χ1n) is 5.88. The second-order valence-electron chi connectivity index (χ2n) is 3.67. The Balaban J connectivity index is 2.18. The van der Waals surface area contributed by atoms with Crippen LogP contribution in [-0.4, -0.2) is 42.0 Å². The first kappa shape index (κ1) is 13.6. The van der Waals surface area contributed by atoms with Crippen molar-refractivity contribution in [3.63, 3.8) is 0 Å². The maximum Gasteiger partial charge on any atom is 0.0443 e. The molecule has 0 unspecified atom stereocenters. The summed E-state index contributed by atoms with van der Waals surface area (Å²) < 4.78 is 0. The van der Waals surface area contributed by atoms with Crippen molar-refractivity contribution >= 4 is 11.8 Å². The summed E-state index contributed by atoms with van der Waals surface area (Å²) in [6.07, 6.45) is 0.879. The highest BCUT2D eigenvalue weighted by molar-refractivity contribution is 7.99. The van der Waals surface area contributed by atoms with E-state index >= 15 is 0 Å². The zero-order chi connectivity index (χ0) is 11.6. The van der Waals surface area contributed by atoms with Crippen LogP contribution in [0.5, 0.6) is 0 Å². The Kier molecular flexibility index (Phi) is 7.30. The lowest BCUT2D eigenvalue weighted by Crippen LogP contribution is -2.27. The third-order valence-electron chi connectivity index (χ3n) is 2.50. The zero-order valence-corrected chi connectivity index (χ0v) is 10.7. The number of hydrogen-bond donors (Lipinski definition) is 1. The van der Waals surface area contributed by atoms with Gasteiger partial charge in [-0.3, -0.25) is 0 Å². The molecule has 0 radical (unpaired) electrons. The van der Waals surface area contributed by atoms with Crippen molar-refractivity contribution in [2.45, 2.75) is 18.2 Å². The van der Waals surface area contributed by atoms with Crippen LogP contribution in [0.15, 0.2) is 35.2 Å². The van der Waals surface area contributed by atoms with E-state index in [9.17, 15) is 0 Å². The Morgan fingerprint density at radius 1 is 1.19 bits per heavy atom. The van der Waals surface area contributed by atoms with Gasteiger partial charge in [0.25, 0.3) is 0 Å². The predicted octanol–water partition coefficient (Wildman–Crippen LogP) is 2.48. The Bertz CT molecular complexity index is 266. The molecule has 1 aromatic carbocycles. The van der Waals surface area contributed by atoms with Crippen LogP contribution in [0.2, 0.25) is 0 Å². The van der Waals surface area contributed by atoms with Gasteiger partial charge in [0.05, 0.1) is 0 Å². The zero-order valence-electron chi connectivity index (χ0n) is 9.93. The first-order valence-corrected chi connectivity index (χ1v) is 6.86. The molecule has 1 rings (SSSR count). The minimum absolute atomic E-state index is 0.294. The van der Waals surface area contributed by atoms with Crippen LogP contribution < -0.4 is 0 Å². The maximum absolute atomic E-state index is 8.78. The summed E-state index contributed by atoms with van der Waals surface area (Å²) >= 11 is 1.89. The minimum atomic E-state index is 0.294. The van der Waals surface area contributed by atoms with Gasteiger partial charge in [-0.25, -0.2) is 0 Å². The third kappa shape index (κ3) is 5.54. The highest BCUT2D eigenvalue weighted by atomic mass is 32.2. The lowest BCUT2D eigenvalue weighted by molar-refractivity contribution is 0.237. The van der Waals surface area contributed by atoms with E-state index in [0.717, 1.165) is 31.8 Å². The molecule has 0 bridgehead atoms. The van der Waals surface area contributed by atoms with Crippen molar-refractivity contribution in [1.82, 2.24) is 4.90 Å². The number of aliphatic hydroxyl groups is 1. The maximum atomic E-state index is 8.78. The van der Waals surface area contributed by atoms with E-state index in [4.69, 9.17) is 5.11 Å². The summed E-state index contributed by atoms with van der Waals surface area (Å²) in [5.74, 6) is 1.11. The van der Waals surface area contributed by atoms with Crippen molar-refractivity contribution in [2.24, 2.45) is 0 Å². The Hall–Kier alpha value is -0.510. The number of hydrogen-bond acceptors (Lipinski definition) is 3. The average molecular weight is 239 g/mol. The molecule has 0 aliphatic carbocycles. The number of aliphatic hydroxyl groups excluding tert-OH is 1. The fourth-order valence-corrected chi connectivity index (χ4v) is 2.47. The summed E-state index contributed by atoms with van der Waals surface area (Å²) in [5, 5.41) is 8.78. The van der Waals surface area contributed by atoms with Crippen molar-refractivity contribution < 1.29 is 5.11 Å². The van der Waals surface area contributed by atoms with Gasteiger partial charge < -0.3 is 10.0 Å². The number of thioether (sulfide) groups is 1. The van der Waals surface area contributed by atoms with Gasteiger partial charge in [-0.1, -0.05) is 25.1 Å². The van der Waals surface area contributed by atoms with Crippen LogP contribution in [0.1, 0.15) is 13.3 Å². The number of rotatable bonds is 8. The van der Waals surface area contributed by atoms with Crippen molar-refractivity contribution in [3.8, 4) is 0 Å². The smallest absolute Gasteiger partial charge is 0.0443 e. The molecule has 0 amide bonds. The third-order valence-corrected chi connectivity index (χ3v) is 3.49. The van der Waals surface area contributed by atoms with Gasteiger partial charge in [0, 0.05) is 30.3 Å². The largest absolute Gasteiger partial charge is 0.396 e. The van der Waals surface area contributed by atoms with E-state index in [1.54, 1.807) is 0 Å². The summed E-state index contributed by atoms with van der Waals surface area (Å²) in [6, 6.07) is 10.5. The molecule has 1 N–H and O–H groups in total. The minimum Gasteiger partial charge on any atom is -0.396 e. The van der Waals surface area contributed by atoms with Crippen LogP contribution in [-0.2, 0) is 0 Å². The van der Waals surface area contributed by atoms with E-state index in [1.165, 1.54) is 4.90 Å². The van der Waals surface area contributed by atoms with Crippen molar-refractivity contribution in [1.29, 1.82) is 0 Å². The lowest BCUT2D eigenvalue weighted by atomic mass is 10.4. The molecule has 90 valence electrons. The number of nitrogens with zero attached hydrogens (tertiary/aromatic N) is 1. The summed E-state index contributed by atoms with van der Waals surface area (Å²) in [6.45, 7) is 5.63. The highest BCUT2D eigenvalue weighted by Crippen LogP contribution is 2.16. The lowest BCUT2D eigenvalue weighted by Gasteiger charge is -2.19. The van der Waals surface area contributed by atoms with E-state index in [2.05, 4.69) is 36.1 Å². The van der Waals surface area contributed by atoms with Crippen LogP contribution in [0.25, 0.3) is 0 Å². The standard InChI is InChI=1S/C13H21NOS/c1-2-14(9-6-11-15)10-12-16-13-7-4-3-5-8-13/h3-5,7-8,15H,2,6,9-12H2,1H3. The summed E-state index contributed by atoms with van der Waals surface area (Å²) in [4.78, 5) is 3.72. The summed E-state index contributed by atoms with van der Waals surface area (Å²) in [5.41, 5.74) is 0. The van der Waals surface area contributed by atoms with E-state index in [0.29, 0.717) is 6.61 Å². The molecule has 0 fully saturated rings. The Morgan fingerprint density at radius 3 is 2.56 bits per heavy atom. The molecule has 0 aliphatic heterocycles. The molecule has 0 spiro atoms. The molecule has 0 aromatic heterocycles. The molecule has 0 aliphatic rings. The molecule has 16 heavy (non-hydrogen) atoms. The SMILES string of the molecule is CCN(CCCO)CCSc1ccccc1. The van der Waals surface area contributed by atoms with Crippen LogP contribution >= 0.6 is 11.8 Å². The predicted molar refractivity (Wildman–Crippen MR) is 71.0 cm³/mol. The second kappa shape index (κ2) is 8.62. The van der Waals surface area contributed by atoms with E-state index < -0.39 is 0 Å². The Labute approximate surface area is 103 Å². The molecule has 0 heterocycles. The summed E-state index contributed by atoms with van der Waals surface area (Å²) in [7, 11) is 0. The molecular formula is C13H21NOS. The molecule has 1 aromatic rings. The first-order chi connectivity index (χ1) is 7.86. The van der Waals surface area contributed by atoms with Crippen molar-refractivity contribution in [3.05, 3.63) is 30.3 Å². The van der Waals surface area contributed by atoms with Gasteiger partial charge >= 0.3 is 0 Å². The topological polar surface area (TPSA) is 23.5 Å². The fraction of sp³-hybridized carbons (Fsp3) is 0.538. The molecule has 0 saturated heterocycles. The van der Waals surface area contributed by atoms with Gasteiger partial charge in [-0.05, 0) is 25.1 Å². The molecular weight excluding hydrogens is 218 g/mol. The van der Waals surface area contributed by atoms with Gasteiger partial charge in [0.2, 0.25) is 0 Å². The van der Waals surface area contributed by atoms with Gasteiger partial charge in [-0.2, -0.15) is 0 Å². The van der Waals surface area contributed by atoms with E-state index in [1.807, 2.05) is 17.8 Å². The van der Waals surface area contributed by atoms with Gasteiger partial charge in [0.1, 0.15) is 0 Å². The molecule has 0 saturated carbocycles. The van der Waals surface area contributed by atoms with Gasteiger partial charge in [-0.15, -0.1) is 11.8 Å². The van der Waals surface area contributed by atoms with Crippen molar-refractivity contribution in [2.75, 3.05) is 32.0 Å². The monoisotopic (exact) mass is 239 g/mol. The molecule has 0 atom stereocenters. The fourth-order valence-electron chi connectivity index (χ4n) is 1.53. The molecule has 2 nitrogen and oxygen atoms in total. The molecule has 3 heteroatoms. The normalized spacial score (nSPS) is 10.9. The highest BCUT2D eigenvalue weighted by Gasteiger charge is 2.01.